The van der Waals surface area contributed by atoms with E-state index in [1.165, 1.54) is 6.20 Å². The molecule has 0 saturated carbocycles. The summed E-state index contributed by atoms with van der Waals surface area (Å²) in [5, 5.41) is 36.1. The van der Waals surface area contributed by atoms with Gasteiger partial charge in [0.05, 0.1) is 25.7 Å². The van der Waals surface area contributed by atoms with E-state index in [1.54, 1.807) is 0 Å². The maximum absolute atomic E-state index is 13.2. The van der Waals surface area contributed by atoms with Gasteiger partial charge in [-0.15, -0.1) is 0 Å². The summed E-state index contributed by atoms with van der Waals surface area (Å²) in [6.45, 7) is -1.65. The molecule has 2 aromatic heterocycles. The number of ether oxygens (including phenoxy) is 2. The van der Waals surface area contributed by atoms with Crippen LogP contribution in [0.2, 0.25) is 0 Å². The van der Waals surface area contributed by atoms with Crippen molar-refractivity contribution in [3.8, 4) is 0 Å². The quantitative estimate of drug-likeness (QED) is 0.154. The minimum atomic E-state index is -5.12. The van der Waals surface area contributed by atoms with Gasteiger partial charge in [0.1, 0.15) is 49.1 Å². The summed E-state index contributed by atoms with van der Waals surface area (Å²) in [5.41, 5.74) is 6.12. The van der Waals surface area contributed by atoms with Crippen molar-refractivity contribution in [3.63, 3.8) is 0 Å². The fourth-order valence-corrected chi connectivity index (χ4v) is 7.34. The van der Waals surface area contributed by atoms with E-state index in [4.69, 9.17) is 38.7 Å². The molecule has 1 amide bonds. The summed E-state index contributed by atoms with van der Waals surface area (Å²) in [6.07, 6.45) is -9.08. The molecule has 2 aromatic rings. The van der Waals surface area contributed by atoms with Crippen molar-refractivity contribution in [2.75, 3.05) is 18.9 Å². The van der Waals surface area contributed by atoms with E-state index in [0.717, 1.165) is 22.1 Å². The molecule has 7 rings (SSSR count). The number of aromatic nitrogens is 4. The van der Waals surface area contributed by atoms with Gasteiger partial charge in [0.2, 0.25) is 11.9 Å². The Hall–Kier alpha value is -3.31. The molecule has 25 heteroatoms. The molecule has 3 fully saturated rings. The lowest BCUT2D eigenvalue weighted by Crippen LogP contribution is -2.53. The van der Waals surface area contributed by atoms with Gasteiger partial charge in [-0.2, -0.15) is 14.6 Å². The van der Waals surface area contributed by atoms with Crippen molar-refractivity contribution in [2.24, 2.45) is 9.98 Å². The number of hydrogen-bond donors (Lipinski definition) is 7. The number of fused-ring (bicyclic) bond motifs is 5. The number of nitrogens with two attached hydrogens (primary N) is 1. The van der Waals surface area contributed by atoms with Gasteiger partial charge in [0.15, 0.2) is 23.8 Å². The first-order valence-corrected chi connectivity index (χ1v) is 16.0. The van der Waals surface area contributed by atoms with Gasteiger partial charge in [-0.1, -0.05) is 0 Å². The Balaban J connectivity index is 1.17. The van der Waals surface area contributed by atoms with Gasteiger partial charge >= 0.3 is 15.6 Å². The van der Waals surface area contributed by atoms with Crippen LogP contribution in [0.3, 0.4) is 0 Å². The van der Waals surface area contributed by atoms with Gasteiger partial charge in [-0.05, 0) is 0 Å². The molecule has 0 radical (unpaired) electrons. The third kappa shape index (κ3) is 5.35. The predicted molar refractivity (Wildman–Crippen MR) is 142 cm³/mol. The van der Waals surface area contributed by atoms with Gasteiger partial charge in [0, 0.05) is 5.56 Å². The van der Waals surface area contributed by atoms with E-state index in [9.17, 15) is 33.9 Å². The molecule has 3 saturated heterocycles. The number of hydrogen-bond acceptors (Lipinski definition) is 18. The van der Waals surface area contributed by atoms with E-state index in [1.807, 2.05) is 0 Å². The molecule has 23 nitrogen and oxygen atoms in total. The number of phosphoric acid groups is 2. The number of amides is 1. The summed E-state index contributed by atoms with van der Waals surface area (Å²) >= 11 is 0. The highest BCUT2D eigenvalue weighted by Gasteiger charge is 2.56. The first-order valence-electron chi connectivity index (χ1n) is 13.0. The van der Waals surface area contributed by atoms with Gasteiger partial charge in [0.25, 0.3) is 5.91 Å². The highest BCUT2D eigenvalue weighted by molar-refractivity contribution is 7.47. The molecule has 7 heterocycles. The minimum Gasteiger partial charge on any atom is -0.387 e. The van der Waals surface area contributed by atoms with Crippen LogP contribution in [-0.4, -0.2) is 131 Å². The van der Waals surface area contributed by atoms with Crippen LogP contribution in [0.5, 0.6) is 0 Å². The highest BCUT2D eigenvalue weighted by atomic mass is 31.2. The zero-order valence-electron chi connectivity index (χ0n) is 22.4. The van der Waals surface area contributed by atoms with Crippen LogP contribution < -0.4 is 11.1 Å². The number of nitrogens with zero attached hydrogens (tertiary/aromatic N) is 7. The topological polar surface area (TPSA) is 320 Å². The first-order chi connectivity index (χ1) is 21.3. The molecule has 0 aromatic carbocycles. The van der Waals surface area contributed by atoms with Crippen LogP contribution in [0.25, 0.3) is 5.65 Å². The summed E-state index contributed by atoms with van der Waals surface area (Å²) in [6, 6.07) is -1.18. The lowest BCUT2D eigenvalue weighted by Gasteiger charge is -2.31. The number of amidine groups is 1. The third-order valence-corrected chi connectivity index (χ3v) is 9.44. The second kappa shape index (κ2) is 10.9. The second-order valence-electron chi connectivity index (χ2n) is 10.3. The Morgan fingerprint density at radius 3 is 2.49 bits per heavy atom. The van der Waals surface area contributed by atoms with E-state index in [-0.39, 0.29) is 23.0 Å². The Bertz CT molecular complexity index is 1720. The molecule has 3 unspecified atom stereocenters. The fourth-order valence-electron chi connectivity index (χ4n) is 5.44. The zero-order chi connectivity index (χ0) is 31.8. The Kier molecular flexibility index (Phi) is 7.35. The van der Waals surface area contributed by atoms with Crippen LogP contribution in [0, 0.1) is 5.41 Å². The number of aliphatic hydroxyl groups is 2. The Labute approximate surface area is 250 Å². The van der Waals surface area contributed by atoms with Gasteiger partial charge < -0.3 is 35.2 Å². The number of nitrogens with one attached hydrogen (secondary N) is 2. The van der Waals surface area contributed by atoms with Crippen molar-refractivity contribution < 1.29 is 61.5 Å². The molecule has 8 N–H and O–H groups in total. The average molecular weight is 674 g/mol. The lowest BCUT2D eigenvalue weighted by molar-refractivity contribution is -0.119. The normalized spacial score (nSPS) is 42.0. The standard InChI is InChI=1S/C20H24N10O13P2/c21-19-27-16-9(17(33)28-19)25-5-29(16)18-14-10(31)7(41-18)2-38-44(34,35)42-13-8(3-39-45(36,37)43-14)40-12(11(13)32)6-1-26-30-15(6)23-4-24-20(30)22/h1,4-5,7-14,18,31-32H,2-3H2,(H,34,35)(H,36,37)(H2,21,28,33)(H2,22,23,24)/t7-,8-,9?,10-,11+,12+,13-,14-,18-/m1/s1. The van der Waals surface area contributed by atoms with Crippen molar-refractivity contribution in [1.29, 1.82) is 5.41 Å². The molecule has 45 heavy (non-hydrogen) atoms. The van der Waals surface area contributed by atoms with Crippen LogP contribution in [-0.2, 0) is 41.5 Å². The largest absolute Gasteiger partial charge is 0.472 e. The third-order valence-electron chi connectivity index (χ3n) is 7.47. The Morgan fingerprint density at radius 2 is 1.73 bits per heavy atom. The van der Waals surface area contributed by atoms with Crippen molar-refractivity contribution in [3.05, 3.63) is 18.1 Å². The van der Waals surface area contributed by atoms with Crippen LogP contribution in [0.15, 0.2) is 22.5 Å². The summed E-state index contributed by atoms with van der Waals surface area (Å²) in [4.78, 5) is 50.5. The second-order valence-corrected chi connectivity index (χ2v) is 13.1. The SMILES string of the molecule is N=C1N=C2C(N=CN2[C@@H]2O[C@@H]3COP(=O)(O)O[C@H]4[C@@H](O)[C@H](c5cnn6c(N)ncnc56)O[C@@H]4COP(=O)(O)O[C@@H]2[C@@H]3O)C(=O)N1. The summed E-state index contributed by atoms with van der Waals surface area (Å²) in [5.74, 6) is -1.33. The first kappa shape index (κ1) is 30.3. The molecule has 242 valence electrons. The molecule has 0 spiro atoms. The molecular formula is C20H24N10O13P2. The molecule has 5 aliphatic rings. The zero-order valence-corrected chi connectivity index (χ0v) is 24.2. The maximum Gasteiger partial charge on any atom is 0.472 e. The lowest BCUT2D eigenvalue weighted by atomic mass is 10.0. The van der Waals surface area contributed by atoms with Gasteiger partial charge in [-0.25, -0.2) is 19.1 Å². The fraction of sp³-hybridized carbons (Fsp3) is 0.550. The maximum atomic E-state index is 13.2. The minimum absolute atomic E-state index is 0.0299. The molecule has 11 atom stereocenters. The monoisotopic (exact) mass is 674 g/mol. The van der Waals surface area contributed by atoms with E-state index >= 15 is 0 Å². The average Bonchev–Trinajstić information content (AvgIpc) is 3.72. The molecule has 0 aliphatic carbocycles. The number of phosphoric ester groups is 2. The summed E-state index contributed by atoms with van der Waals surface area (Å²) < 4.78 is 59.8. The van der Waals surface area contributed by atoms with Crippen molar-refractivity contribution >= 4 is 51.3 Å². The van der Waals surface area contributed by atoms with E-state index in [0.29, 0.717) is 0 Å². The number of guanidine groups is 1. The number of carbonyl (C=O) groups is 1. The number of carbonyl (C=O) groups excluding carboxylic acids is 1. The number of nitrogen functional groups attached to an aromatic ring is 1. The van der Waals surface area contributed by atoms with Crippen LogP contribution in [0.1, 0.15) is 11.7 Å². The van der Waals surface area contributed by atoms with Crippen LogP contribution >= 0.6 is 15.6 Å². The number of rotatable bonds is 2. The highest BCUT2D eigenvalue weighted by Crippen LogP contribution is 2.53. The number of anilines is 1. The Morgan fingerprint density at radius 1 is 1.02 bits per heavy atom. The smallest absolute Gasteiger partial charge is 0.387 e. The van der Waals surface area contributed by atoms with E-state index in [2.05, 4.69) is 30.4 Å². The van der Waals surface area contributed by atoms with Crippen LogP contribution in [0.4, 0.5) is 5.95 Å². The predicted octanol–water partition coefficient (Wildman–Crippen LogP) is -3.21. The summed E-state index contributed by atoms with van der Waals surface area (Å²) in [7, 11) is -10.2. The molecule has 5 aliphatic heterocycles. The van der Waals surface area contributed by atoms with Crippen molar-refractivity contribution in [1.82, 2.24) is 29.8 Å². The molecule has 2 bridgehead atoms. The number of aliphatic hydroxyl groups excluding tert-OH is 2. The number of aliphatic imine (C=N–C) groups is 2. The van der Waals surface area contributed by atoms with Gasteiger partial charge in [-0.3, -0.25) is 43.5 Å². The van der Waals surface area contributed by atoms with E-state index < -0.39 is 95.7 Å². The molecular weight excluding hydrogens is 650 g/mol. The van der Waals surface area contributed by atoms with Crippen molar-refractivity contribution in [2.45, 2.75) is 55.0 Å².